The van der Waals surface area contributed by atoms with Gasteiger partial charge in [0.1, 0.15) is 18.0 Å². The average molecular weight is 442 g/mol. The molecular formula is C24H27NO5S. The molecule has 1 aromatic carbocycles. The van der Waals surface area contributed by atoms with Gasteiger partial charge < -0.3 is 19.8 Å². The van der Waals surface area contributed by atoms with Gasteiger partial charge in [-0.2, -0.15) is 0 Å². The van der Waals surface area contributed by atoms with E-state index in [-0.39, 0.29) is 29.0 Å². The standard InChI is InChI=1S/C24H27NO5S/c1-14-3-5-16(6-4-14)31(28,29)24(27)10-9-15-13-18-17-7-8-19(26)21-23(17,11-12-25(18)2)20(15)22(24)30-21/h3-9,17-19,21,26-27H,10-13H2,1-2H3/t17-,18+,19-,21-,23-,24?/m0/s1. The van der Waals surface area contributed by atoms with Gasteiger partial charge in [0.25, 0.3) is 0 Å². The number of aryl methyl sites for hydroxylation is 1. The molecule has 6 atom stereocenters. The highest BCUT2D eigenvalue weighted by molar-refractivity contribution is 7.92. The van der Waals surface area contributed by atoms with E-state index in [1.807, 2.05) is 13.0 Å². The third-order valence-electron chi connectivity index (χ3n) is 8.23. The molecule has 0 amide bonds. The van der Waals surface area contributed by atoms with Crippen LogP contribution in [0.1, 0.15) is 24.8 Å². The number of likely N-dealkylation sites (tertiary alicyclic amines) is 1. The summed E-state index contributed by atoms with van der Waals surface area (Å²) in [4.78, 5) is 0.260. The Morgan fingerprint density at radius 2 is 1.94 bits per heavy atom. The first-order chi connectivity index (χ1) is 14.7. The fourth-order valence-corrected chi connectivity index (χ4v) is 8.20. The van der Waals surface area contributed by atoms with Crippen molar-refractivity contribution in [2.75, 3.05) is 13.6 Å². The summed E-state index contributed by atoms with van der Waals surface area (Å²) in [5.41, 5.74) is 2.35. The van der Waals surface area contributed by atoms with Crippen molar-refractivity contribution < 1.29 is 23.4 Å². The van der Waals surface area contributed by atoms with Gasteiger partial charge in [-0.15, -0.1) is 0 Å². The molecule has 2 fully saturated rings. The molecule has 0 radical (unpaired) electrons. The van der Waals surface area contributed by atoms with E-state index in [0.717, 1.165) is 36.1 Å². The molecule has 1 spiro atoms. The summed E-state index contributed by atoms with van der Waals surface area (Å²) in [5, 5.41) is 22.6. The summed E-state index contributed by atoms with van der Waals surface area (Å²) in [7, 11) is -2.01. The molecule has 164 valence electrons. The van der Waals surface area contributed by atoms with Crippen LogP contribution in [0.3, 0.4) is 0 Å². The van der Waals surface area contributed by atoms with E-state index in [9.17, 15) is 18.6 Å². The lowest BCUT2D eigenvalue weighted by molar-refractivity contribution is -0.0966. The van der Waals surface area contributed by atoms with Crippen LogP contribution in [-0.4, -0.2) is 60.3 Å². The maximum Gasteiger partial charge on any atom is 0.232 e. The van der Waals surface area contributed by atoms with Gasteiger partial charge in [0.05, 0.1) is 4.90 Å². The molecule has 2 aliphatic heterocycles. The van der Waals surface area contributed by atoms with Crippen LogP contribution in [0, 0.1) is 18.3 Å². The molecule has 5 aliphatic rings. The normalized spacial score (nSPS) is 41.0. The summed E-state index contributed by atoms with van der Waals surface area (Å²) in [6.45, 7) is 2.73. The predicted octanol–water partition coefficient (Wildman–Crippen LogP) is 2.08. The molecule has 2 heterocycles. The van der Waals surface area contributed by atoms with E-state index in [1.54, 1.807) is 30.3 Å². The number of sulfone groups is 1. The molecule has 31 heavy (non-hydrogen) atoms. The van der Waals surface area contributed by atoms with Crippen molar-refractivity contribution >= 4 is 9.84 Å². The largest absolute Gasteiger partial charge is 0.486 e. The van der Waals surface area contributed by atoms with Gasteiger partial charge in [-0.1, -0.05) is 35.9 Å². The van der Waals surface area contributed by atoms with E-state index in [1.165, 1.54) is 0 Å². The second kappa shape index (κ2) is 6.10. The third-order valence-corrected chi connectivity index (χ3v) is 10.4. The van der Waals surface area contributed by atoms with Crippen LogP contribution >= 0.6 is 0 Å². The number of hydrogen-bond donors (Lipinski definition) is 2. The number of aliphatic hydroxyl groups excluding tert-OH is 1. The van der Waals surface area contributed by atoms with Crippen LogP contribution in [0.4, 0.5) is 0 Å². The summed E-state index contributed by atoms with van der Waals surface area (Å²) < 4.78 is 33.7. The van der Waals surface area contributed by atoms with Crippen molar-refractivity contribution in [2.24, 2.45) is 11.3 Å². The van der Waals surface area contributed by atoms with Gasteiger partial charge in [-0.05, 0) is 51.1 Å². The summed E-state index contributed by atoms with van der Waals surface area (Å²) in [6, 6.07) is 6.83. The van der Waals surface area contributed by atoms with Crippen molar-refractivity contribution in [3.8, 4) is 0 Å². The third kappa shape index (κ3) is 2.25. The Kier molecular flexibility index (Phi) is 3.88. The molecular weight excluding hydrogens is 414 g/mol. The first-order valence-electron chi connectivity index (χ1n) is 10.9. The number of hydrogen-bond acceptors (Lipinski definition) is 6. The molecule has 6 rings (SSSR count). The summed E-state index contributed by atoms with van der Waals surface area (Å²) >= 11 is 0. The molecule has 6 nitrogen and oxygen atoms in total. The maximum atomic E-state index is 13.7. The summed E-state index contributed by atoms with van der Waals surface area (Å²) in [6.07, 6.45) is 5.84. The summed E-state index contributed by atoms with van der Waals surface area (Å²) in [5.74, 6) is 0.264. The minimum Gasteiger partial charge on any atom is -0.486 e. The average Bonchev–Trinajstić information content (AvgIpc) is 3.10. The molecule has 2 bridgehead atoms. The first kappa shape index (κ1) is 19.7. The zero-order valence-corrected chi connectivity index (χ0v) is 18.5. The number of aliphatic hydroxyl groups is 2. The second-order valence-electron chi connectivity index (χ2n) is 9.72. The Morgan fingerprint density at radius 3 is 2.68 bits per heavy atom. The van der Waals surface area contributed by atoms with Crippen LogP contribution in [-0.2, 0) is 14.6 Å². The fraction of sp³-hybridized carbons (Fsp3) is 0.500. The van der Waals surface area contributed by atoms with Gasteiger partial charge in [-0.25, -0.2) is 8.42 Å². The van der Waals surface area contributed by atoms with E-state index >= 15 is 0 Å². The van der Waals surface area contributed by atoms with Crippen LogP contribution in [0.5, 0.6) is 0 Å². The van der Waals surface area contributed by atoms with Crippen molar-refractivity contribution in [3.05, 3.63) is 65.0 Å². The molecule has 0 aromatic heterocycles. The Labute approximate surface area is 182 Å². The number of ether oxygens (including phenoxy) is 1. The Bertz CT molecular complexity index is 1170. The SMILES string of the molecule is Cc1ccc(S(=O)(=O)C2(O)CC=C3C[C@@H]4[C@@H]5C=C[C@H](O)[C@@H]6OC2=C3[C@]56CCN4C)cc1. The molecule has 1 saturated carbocycles. The van der Waals surface area contributed by atoms with Crippen molar-refractivity contribution in [1.29, 1.82) is 0 Å². The van der Waals surface area contributed by atoms with Gasteiger partial charge in [0.15, 0.2) is 0 Å². The predicted molar refractivity (Wildman–Crippen MR) is 115 cm³/mol. The molecule has 7 heteroatoms. The van der Waals surface area contributed by atoms with E-state index in [0.29, 0.717) is 0 Å². The van der Waals surface area contributed by atoms with Crippen molar-refractivity contribution in [1.82, 2.24) is 4.90 Å². The smallest absolute Gasteiger partial charge is 0.232 e. The highest BCUT2D eigenvalue weighted by Gasteiger charge is 2.69. The number of rotatable bonds is 2. The molecule has 1 aromatic rings. The van der Waals surface area contributed by atoms with Crippen LogP contribution in [0.2, 0.25) is 0 Å². The minimum atomic E-state index is -4.14. The molecule has 1 unspecified atom stereocenters. The van der Waals surface area contributed by atoms with Crippen LogP contribution < -0.4 is 0 Å². The number of nitrogens with zero attached hydrogens (tertiary/aromatic N) is 1. The van der Waals surface area contributed by atoms with Crippen molar-refractivity contribution in [3.63, 3.8) is 0 Å². The van der Waals surface area contributed by atoms with Crippen LogP contribution in [0.25, 0.3) is 0 Å². The fourth-order valence-electron chi connectivity index (χ4n) is 6.61. The monoisotopic (exact) mass is 441 g/mol. The Balaban J connectivity index is 1.56. The zero-order valence-electron chi connectivity index (χ0n) is 17.7. The lowest BCUT2D eigenvalue weighted by Crippen LogP contribution is -2.62. The Hall–Kier alpha value is -1.93. The quantitative estimate of drug-likeness (QED) is 0.684. The molecule has 1 saturated heterocycles. The van der Waals surface area contributed by atoms with E-state index in [2.05, 4.69) is 18.0 Å². The van der Waals surface area contributed by atoms with Gasteiger partial charge in [0, 0.05) is 29.4 Å². The van der Waals surface area contributed by atoms with E-state index < -0.39 is 32.4 Å². The molecule has 2 N–H and O–H groups in total. The highest BCUT2D eigenvalue weighted by atomic mass is 32.2. The lowest BCUT2D eigenvalue weighted by atomic mass is 9.51. The maximum absolute atomic E-state index is 13.7. The lowest BCUT2D eigenvalue weighted by Gasteiger charge is -2.58. The first-order valence-corrected chi connectivity index (χ1v) is 12.4. The highest BCUT2D eigenvalue weighted by Crippen LogP contribution is 2.66. The van der Waals surface area contributed by atoms with E-state index in [4.69, 9.17) is 4.74 Å². The minimum absolute atomic E-state index is 0.0508. The van der Waals surface area contributed by atoms with Crippen molar-refractivity contribution in [2.45, 2.75) is 54.3 Å². The molecule has 3 aliphatic carbocycles. The Morgan fingerprint density at radius 1 is 1.19 bits per heavy atom. The zero-order chi connectivity index (χ0) is 21.8. The van der Waals surface area contributed by atoms with Crippen LogP contribution in [0.15, 0.2) is 64.3 Å². The number of benzene rings is 1. The topological polar surface area (TPSA) is 87.1 Å². The van der Waals surface area contributed by atoms with Gasteiger partial charge in [0.2, 0.25) is 14.8 Å². The second-order valence-corrected chi connectivity index (χ2v) is 11.9. The number of piperidine rings is 1. The van der Waals surface area contributed by atoms with Gasteiger partial charge >= 0.3 is 0 Å². The van der Waals surface area contributed by atoms with Gasteiger partial charge in [-0.3, -0.25) is 0 Å².